The zero-order valence-electron chi connectivity index (χ0n) is 9.60. The number of aryl methyl sites for hydroxylation is 1. The van der Waals surface area contributed by atoms with Gasteiger partial charge in [-0.25, -0.2) is 5.01 Å². The van der Waals surface area contributed by atoms with Gasteiger partial charge in [0.25, 0.3) is 0 Å². The van der Waals surface area contributed by atoms with Gasteiger partial charge in [-0.1, -0.05) is 0 Å². The van der Waals surface area contributed by atoms with E-state index in [1.165, 1.54) is 0 Å². The number of hydrogen-bond acceptors (Lipinski definition) is 4. The molecule has 0 aromatic carbocycles. The van der Waals surface area contributed by atoms with E-state index in [1.807, 2.05) is 24.2 Å². The Morgan fingerprint density at radius 2 is 2.07 bits per heavy atom. The first-order chi connectivity index (χ1) is 7.11. The van der Waals surface area contributed by atoms with Gasteiger partial charge in [0, 0.05) is 19.4 Å². The third-order valence-corrected chi connectivity index (χ3v) is 2.91. The second-order valence-corrected chi connectivity index (χ2v) is 3.90. The maximum Gasteiger partial charge on any atom is 0.123 e. The van der Waals surface area contributed by atoms with Crippen LogP contribution in [-0.4, -0.2) is 28.9 Å². The van der Waals surface area contributed by atoms with Gasteiger partial charge >= 0.3 is 0 Å². The van der Waals surface area contributed by atoms with Crippen molar-refractivity contribution in [1.29, 1.82) is 0 Å². The van der Waals surface area contributed by atoms with Gasteiger partial charge in [-0.15, -0.1) is 0 Å². The highest BCUT2D eigenvalue weighted by Crippen LogP contribution is 2.25. The summed E-state index contributed by atoms with van der Waals surface area (Å²) in [4.78, 5) is 6.24. The molecule has 4 nitrogen and oxygen atoms in total. The van der Waals surface area contributed by atoms with E-state index in [1.54, 1.807) is 6.20 Å². The van der Waals surface area contributed by atoms with Crippen LogP contribution in [0.4, 0.5) is 5.69 Å². The van der Waals surface area contributed by atoms with Crippen molar-refractivity contribution in [2.45, 2.75) is 26.9 Å². The summed E-state index contributed by atoms with van der Waals surface area (Å²) in [5, 5.41) is 6.56. The quantitative estimate of drug-likeness (QED) is 0.699. The molecule has 0 saturated heterocycles. The van der Waals surface area contributed by atoms with Gasteiger partial charge in [-0.05, 0) is 32.4 Å². The van der Waals surface area contributed by atoms with E-state index < -0.39 is 0 Å². The molecule has 0 amide bonds. The van der Waals surface area contributed by atoms with Crippen LogP contribution in [0.25, 0.3) is 0 Å². The Balaban J connectivity index is 2.38. The highest BCUT2D eigenvalue weighted by Gasteiger charge is 2.26. The molecule has 0 N–H and O–H groups in total. The van der Waals surface area contributed by atoms with Crippen LogP contribution in [0, 0.1) is 6.92 Å². The van der Waals surface area contributed by atoms with E-state index in [2.05, 4.69) is 35.9 Å². The predicted octanol–water partition coefficient (Wildman–Crippen LogP) is 1.82. The normalized spacial score (nSPS) is 20.8. The lowest BCUT2D eigenvalue weighted by atomic mass is 10.2. The van der Waals surface area contributed by atoms with E-state index >= 15 is 0 Å². The maximum absolute atomic E-state index is 4.53. The largest absolute Gasteiger partial charge is 0.340 e. The summed E-state index contributed by atoms with van der Waals surface area (Å²) < 4.78 is 0. The molecule has 1 unspecified atom stereocenters. The number of nitrogens with zero attached hydrogens (tertiary/aromatic N) is 4. The van der Waals surface area contributed by atoms with Crippen LogP contribution < -0.4 is 5.01 Å². The molecule has 0 fully saturated rings. The minimum absolute atomic E-state index is 0.270. The second-order valence-electron chi connectivity index (χ2n) is 3.90. The molecule has 80 valence electrons. The van der Waals surface area contributed by atoms with Crippen LogP contribution >= 0.6 is 0 Å². The molecule has 1 aliphatic rings. The van der Waals surface area contributed by atoms with Gasteiger partial charge in [0.05, 0.1) is 5.69 Å². The number of amidine groups is 1. The minimum atomic E-state index is 0.270. The van der Waals surface area contributed by atoms with Crippen molar-refractivity contribution in [3.63, 3.8) is 0 Å². The average Bonchev–Trinajstić information content (AvgIpc) is 2.47. The van der Waals surface area contributed by atoms with E-state index in [0.717, 1.165) is 17.1 Å². The van der Waals surface area contributed by atoms with Crippen molar-refractivity contribution in [2.24, 2.45) is 5.10 Å². The van der Waals surface area contributed by atoms with Crippen LogP contribution in [-0.2, 0) is 0 Å². The highest BCUT2D eigenvalue weighted by molar-refractivity contribution is 5.83. The lowest BCUT2D eigenvalue weighted by Crippen LogP contribution is -2.36. The third-order valence-electron chi connectivity index (χ3n) is 2.91. The monoisotopic (exact) mass is 204 g/mol. The summed E-state index contributed by atoms with van der Waals surface area (Å²) >= 11 is 0. The number of anilines is 1. The summed E-state index contributed by atoms with van der Waals surface area (Å²) in [5.41, 5.74) is 2.28. The Morgan fingerprint density at radius 1 is 1.33 bits per heavy atom. The van der Waals surface area contributed by atoms with Gasteiger partial charge < -0.3 is 4.90 Å². The fourth-order valence-electron chi connectivity index (χ4n) is 1.72. The van der Waals surface area contributed by atoms with Crippen molar-refractivity contribution in [2.75, 3.05) is 12.1 Å². The molecule has 1 aliphatic heterocycles. The van der Waals surface area contributed by atoms with E-state index in [4.69, 9.17) is 0 Å². The van der Waals surface area contributed by atoms with Crippen LogP contribution in [0.2, 0.25) is 0 Å². The van der Waals surface area contributed by atoms with Gasteiger partial charge in [-0.3, -0.25) is 4.98 Å². The molecule has 2 rings (SSSR count). The summed E-state index contributed by atoms with van der Waals surface area (Å²) in [6.45, 7) is 6.21. The average molecular weight is 204 g/mol. The predicted molar refractivity (Wildman–Crippen MR) is 61.8 cm³/mol. The van der Waals surface area contributed by atoms with Crippen LogP contribution in [0.5, 0.6) is 0 Å². The zero-order chi connectivity index (χ0) is 11.0. The van der Waals surface area contributed by atoms with E-state index in [9.17, 15) is 0 Å². The lowest BCUT2D eigenvalue weighted by molar-refractivity contribution is 0.411. The molecule has 1 aromatic rings. The van der Waals surface area contributed by atoms with Gasteiger partial charge in [0.2, 0.25) is 0 Å². The standard InChI is InChI=1S/C11H16N4/c1-8-7-12-6-5-11(8)15-10(3)14(4)9(2)13-15/h5-7,10H,1-4H3. The second kappa shape index (κ2) is 3.53. The van der Waals surface area contributed by atoms with Crippen molar-refractivity contribution in [3.8, 4) is 0 Å². The maximum atomic E-state index is 4.53. The molecular formula is C11H16N4. The Bertz CT molecular complexity index is 399. The number of hydrogen-bond donors (Lipinski definition) is 0. The molecule has 0 aliphatic carbocycles. The van der Waals surface area contributed by atoms with Crippen molar-refractivity contribution >= 4 is 11.5 Å². The van der Waals surface area contributed by atoms with Crippen LogP contribution in [0.15, 0.2) is 23.6 Å². The van der Waals surface area contributed by atoms with Crippen molar-refractivity contribution in [3.05, 3.63) is 24.0 Å². The third kappa shape index (κ3) is 1.56. The zero-order valence-corrected chi connectivity index (χ0v) is 9.60. The fourth-order valence-corrected chi connectivity index (χ4v) is 1.72. The van der Waals surface area contributed by atoms with Crippen LogP contribution in [0.1, 0.15) is 19.4 Å². The van der Waals surface area contributed by atoms with Gasteiger partial charge in [-0.2, -0.15) is 5.10 Å². The summed E-state index contributed by atoms with van der Waals surface area (Å²) in [6, 6.07) is 2.00. The Labute approximate surface area is 90.2 Å². The topological polar surface area (TPSA) is 31.7 Å². The number of rotatable bonds is 1. The molecule has 4 heteroatoms. The molecular weight excluding hydrogens is 188 g/mol. The minimum Gasteiger partial charge on any atom is -0.340 e. The first kappa shape index (κ1) is 9.96. The molecule has 0 radical (unpaired) electrons. The van der Waals surface area contributed by atoms with E-state index in [-0.39, 0.29) is 6.17 Å². The van der Waals surface area contributed by atoms with Gasteiger partial charge in [0.15, 0.2) is 0 Å². The summed E-state index contributed by atoms with van der Waals surface area (Å²) in [7, 11) is 2.06. The van der Waals surface area contributed by atoms with E-state index in [0.29, 0.717) is 0 Å². The number of pyridine rings is 1. The number of aromatic nitrogens is 1. The Hall–Kier alpha value is -1.58. The van der Waals surface area contributed by atoms with Crippen molar-refractivity contribution < 1.29 is 0 Å². The lowest BCUT2D eigenvalue weighted by Gasteiger charge is -2.26. The summed E-state index contributed by atoms with van der Waals surface area (Å²) in [6.07, 6.45) is 3.94. The SMILES string of the molecule is CC1=NN(c2ccncc2C)C(C)N1C. The molecule has 15 heavy (non-hydrogen) atoms. The summed E-state index contributed by atoms with van der Waals surface area (Å²) in [5.74, 6) is 1.04. The van der Waals surface area contributed by atoms with Crippen LogP contribution in [0.3, 0.4) is 0 Å². The van der Waals surface area contributed by atoms with Gasteiger partial charge in [0.1, 0.15) is 12.0 Å². The fraction of sp³-hybridized carbons (Fsp3) is 0.455. The van der Waals surface area contributed by atoms with Crippen molar-refractivity contribution in [1.82, 2.24) is 9.88 Å². The smallest absolute Gasteiger partial charge is 0.123 e. The first-order valence-corrected chi connectivity index (χ1v) is 5.09. The highest BCUT2D eigenvalue weighted by atomic mass is 15.6. The first-order valence-electron chi connectivity index (χ1n) is 5.09. The molecule has 1 atom stereocenters. The number of hydrazone groups is 1. The molecule has 2 heterocycles. The Kier molecular flexibility index (Phi) is 2.34. The molecule has 1 aromatic heterocycles. The molecule has 0 spiro atoms. The molecule has 0 bridgehead atoms. The Morgan fingerprint density at radius 3 is 2.60 bits per heavy atom. The molecule has 0 saturated carbocycles.